The van der Waals surface area contributed by atoms with Gasteiger partial charge in [0.05, 0.1) is 6.10 Å². The van der Waals surface area contributed by atoms with Gasteiger partial charge in [-0.15, -0.1) is 0 Å². The van der Waals surface area contributed by atoms with Gasteiger partial charge in [-0.1, -0.05) is 26.7 Å². The molecule has 84 valence electrons. The van der Waals surface area contributed by atoms with E-state index >= 15 is 0 Å². The number of hydrogen-bond donors (Lipinski definition) is 1. The molecule has 0 aromatic rings. The minimum absolute atomic E-state index is 0.248. The van der Waals surface area contributed by atoms with Crippen molar-refractivity contribution in [1.29, 1.82) is 0 Å². The van der Waals surface area contributed by atoms with Crippen molar-refractivity contribution in [3.05, 3.63) is 0 Å². The van der Waals surface area contributed by atoms with E-state index in [4.69, 9.17) is 10.5 Å². The third kappa shape index (κ3) is 2.96. The zero-order valence-electron chi connectivity index (χ0n) is 9.83. The normalized spacial score (nSPS) is 21.2. The number of hydrogen-bond acceptors (Lipinski definition) is 2. The van der Waals surface area contributed by atoms with E-state index in [-0.39, 0.29) is 6.04 Å². The first-order valence-electron chi connectivity index (χ1n) is 6.11. The summed E-state index contributed by atoms with van der Waals surface area (Å²) < 4.78 is 5.79. The molecule has 2 atom stereocenters. The highest BCUT2D eigenvalue weighted by Gasteiger charge is 2.37. The second-order valence-electron chi connectivity index (χ2n) is 4.41. The van der Waals surface area contributed by atoms with Gasteiger partial charge in [0.25, 0.3) is 0 Å². The fourth-order valence-corrected chi connectivity index (χ4v) is 2.28. The molecule has 0 aromatic carbocycles. The van der Waals surface area contributed by atoms with Crippen LogP contribution in [0.4, 0.5) is 0 Å². The molecule has 0 aromatic heterocycles. The molecular formula is C12H25NO. The van der Waals surface area contributed by atoms with Crippen LogP contribution in [0.15, 0.2) is 0 Å². The molecule has 0 amide bonds. The SMILES string of the molecule is CCOC(C1CC1)C(N)C(CC)CC. The lowest BCUT2D eigenvalue weighted by atomic mass is 9.89. The Morgan fingerprint density at radius 1 is 1.21 bits per heavy atom. The van der Waals surface area contributed by atoms with E-state index in [0.717, 1.165) is 12.5 Å². The van der Waals surface area contributed by atoms with Crippen molar-refractivity contribution in [1.82, 2.24) is 0 Å². The van der Waals surface area contributed by atoms with Crippen LogP contribution >= 0.6 is 0 Å². The van der Waals surface area contributed by atoms with Crippen LogP contribution in [0, 0.1) is 11.8 Å². The summed E-state index contributed by atoms with van der Waals surface area (Å²) in [6, 6.07) is 0.248. The van der Waals surface area contributed by atoms with Crippen molar-refractivity contribution >= 4 is 0 Å². The van der Waals surface area contributed by atoms with E-state index in [9.17, 15) is 0 Å². The van der Waals surface area contributed by atoms with Crippen LogP contribution in [0.1, 0.15) is 46.5 Å². The van der Waals surface area contributed by atoms with Gasteiger partial charge in [-0.2, -0.15) is 0 Å². The topological polar surface area (TPSA) is 35.2 Å². The van der Waals surface area contributed by atoms with Crippen molar-refractivity contribution in [2.24, 2.45) is 17.6 Å². The predicted octanol–water partition coefficient (Wildman–Crippen LogP) is 2.57. The summed E-state index contributed by atoms with van der Waals surface area (Å²) in [5.41, 5.74) is 6.29. The first-order chi connectivity index (χ1) is 6.74. The highest BCUT2D eigenvalue weighted by atomic mass is 16.5. The van der Waals surface area contributed by atoms with E-state index in [1.807, 2.05) is 0 Å². The lowest BCUT2D eigenvalue weighted by Gasteiger charge is -2.29. The predicted molar refractivity (Wildman–Crippen MR) is 60.2 cm³/mol. The standard InChI is InChI=1S/C12H25NO/c1-4-9(5-2)11(13)12(14-6-3)10-7-8-10/h9-12H,4-8,13H2,1-3H3. The summed E-state index contributed by atoms with van der Waals surface area (Å²) in [6.07, 6.45) is 5.31. The molecule has 0 radical (unpaired) electrons. The molecule has 1 fully saturated rings. The Morgan fingerprint density at radius 2 is 1.79 bits per heavy atom. The Morgan fingerprint density at radius 3 is 2.14 bits per heavy atom. The van der Waals surface area contributed by atoms with Crippen LogP contribution in [0.5, 0.6) is 0 Å². The second kappa shape index (κ2) is 5.72. The van der Waals surface area contributed by atoms with Crippen LogP contribution in [-0.2, 0) is 4.74 Å². The molecular weight excluding hydrogens is 174 g/mol. The average molecular weight is 199 g/mol. The summed E-state index contributed by atoms with van der Waals surface area (Å²) in [4.78, 5) is 0. The van der Waals surface area contributed by atoms with E-state index < -0.39 is 0 Å². The zero-order valence-corrected chi connectivity index (χ0v) is 9.83. The summed E-state index contributed by atoms with van der Waals surface area (Å²) in [6.45, 7) is 7.32. The maximum atomic E-state index is 6.29. The Balaban J connectivity index is 2.47. The maximum absolute atomic E-state index is 6.29. The van der Waals surface area contributed by atoms with Crippen LogP contribution in [0.3, 0.4) is 0 Å². The number of nitrogens with two attached hydrogens (primary N) is 1. The van der Waals surface area contributed by atoms with Gasteiger partial charge >= 0.3 is 0 Å². The van der Waals surface area contributed by atoms with E-state index in [1.165, 1.54) is 25.7 Å². The number of rotatable bonds is 7. The largest absolute Gasteiger partial charge is 0.377 e. The number of ether oxygens (including phenoxy) is 1. The third-order valence-electron chi connectivity index (χ3n) is 3.42. The van der Waals surface area contributed by atoms with Gasteiger partial charge in [0.15, 0.2) is 0 Å². The molecule has 0 bridgehead atoms. The van der Waals surface area contributed by atoms with Crippen LogP contribution in [0.2, 0.25) is 0 Å². The average Bonchev–Trinajstić information content (AvgIpc) is 2.99. The van der Waals surface area contributed by atoms with Crippen molar-refractivity contribution < 1.29 is 4.74 Å². The zero-order chi connectivity index (χ0) is 10.6. The van der Waals surface area contributed by atoms with E-state index in [1.54, 1.807) is 0 Å². The minimum Gasteiger partial charge on any atom is -0.377 e. The van der Waals surface area contributed by atoms with Gasteiger partial charge in [0.2, 0.25) is 0 Å². The second-order valence-corrected chi connectivity index (χ2v) is 4.41. The van der Waals surface area contributed by atoms with E-state index in [2.05, 4.69) is 20.8 Å². The molecule has 1 aliphatic carbocycles. The van der Waals surface area contributed by atoms with Gasteiger partial charge in [0, 0.05) is 12.6 Å². The third-order valence-corrected chi connectivity index (χ3v) is 3.42. The van der Waals surface area contributed by atoms with Gasteiger partial charge in [0.1, 0.15) is 0 Å². The van der Waals surface area contributed by atoms with Crippen LogP contribution < -0.4 is 5.73 Å². The highest BCUT2D eigenvalue weighted by Crippen LogP contribution is 2.37. The fourth-order valence-electron chi connectivity index (χ4n) is 2.28. The molecule has 1 rings (SSSR count). The molecule has 0 heterocycles. The monoisotopic (exact) mass is 199 g/mol. The molecule has 2 heteroatoms. The van der Waals surface area contributed by atoms with Crippen molar-refractivity contribution in [2.75, 3.05) is 6.61 Å². The molecule has 2 N–H and O–H groups in total. The Bertz CT molecular complexity index is 152. The van der Waals surface area contributed by atoms with Gasteiger partial charge in [-0.3, -0.25) is 0 Å². The van der Waals surface area contributed by atoms with Crippen molar-refractivity contribution in [3.63, 3.8) is 0 Å². The van der Waals surface area contributed by atoms with Crippen molar-refractivity contribution in [3.8, 4) is 0 Å². The van der Waals surface area contributed by atoms with Gasteiger partial charge < -0.3 is 10.5 Å². The molecule has 0 spiro atoms. The van der Waals surface area contributed by atoms with E-state index in [0.29, 0.717) is 12.0 Å². The molecule has 1 saturated carbocycles. The lowest BCUT2D eigenvalue weighted by Crippen LogP contribution is -2.43. The molecule has 2 unspecified atom stereocenters. The fraction of sp³-hybridized carbons (Fsp3) is 1.00. The summed E-state index contributed by atoms with van der Waals surface area (Å²) in [7, 11) is 0. The summed E-state index contributed by atoms with van der Waals surface area (Å²) in [5, 5.41) is 0. The van der Waals surface area contributed by atoms with Crippen LogP contribution in [-0.4, -0.2) is 18.8 Å². The van der Waals surface area contributed by atoms with Gasteiger partial charge in [-0.05, 0) is 31.6 Å². The summed E-state index contributed by atoms with van der Waals surface area (Å²) in [5.74, 6) is 1.39. The molecule has 14 heavy (non-hydrogen) atoms. The maximum Gasteiger partial charge on any atom is 0.0756 e. The van der Waals surface area contributed by atoms with Crippen LogP contribution in [0.25, 0.3) is 0 Å². The molecule has 0 saturated heterocycles. The quantitative estimate of drug-likeness (QED) is 0.684. The molecule has 0 aliphatic heterocycles. The van der Waals surface area contributed by atoms with Gasteiger partial charge in [-0.25, -0.2) is 0 Å². The Kier molecular flexibility index (Phi) is 4.90. The Labute approximate surface area is 88.2 Å². The Hall–Kier alpha value is -0.0800. The highest BCUT2D eigenvalue weighted by molar-refractivity contribution is 4.91. The lowest BCUT2D eigenvalue weighted by molar-refractivity contribution is 0.0130. The minimum atomic E-state index is 0.248. The smallest absolute Gasteiger partial charge is 0.0756 e. The first-order valence-corrected chi connectivity index (χ1v) is 6.11. The van der Waals surface area contributed by atoms with Crippen molar-refractivity contribution in [2.45, 2.75) is 58.6 Å². The first kappa shape index (κ1) is 12.0. The summed E-state index contributed by atoms with van der Waals surface area (Å²) >= 11 is 0. The molecule has 2 nitrogen and oxygen atoms in total. The molecule has 1 aliphatic rings.